The number of para-hydroxylation sites is 1. The Labute approximate surface area is 184 Å². The first-order valence-electron chi connectivity index (χ1n) is 11.2. The van der Waals surface area contributed by atoms with Gasteiger partial charge in [-0.15, -0.1) is 0 Å². The molecule has 2 rings (SSSR count). The summed E-state index contributed by atoms with van der Waals surface area (Å²) in [4.78, 5) is 2.32. The Hall–Kier alpha value is -2.48. The first-order chi connectivity index (χ1) is 14.2. The molecule has 0 heterocycles. The van der Waals surface area contributed by atoms with E-state index < -0.39 is 0 Å². The zero-order valence-electron chi connectivity index (χ0n) is 20.3. The van der Waals surface area contributed by atoms with Crippen LogP contribution >= 0.6 is 0 Å². The average Bonchev–Trinajstić information content (AvgIpc) is 2.70. The topological polar surface area (TPSA) is 15.3 Å². The fraction of sp³-hybridized carbons (Fsp3) is 0.429. The maximum Gasteiger partial charge on any atom is 0.0622 e. The molecule has 2 nitrogen and oxygen atoms in total. The van der Waals surface area contributed by atoms with Crippen LogP contribution in [0.4, 0.5) is 5.69 Å². The SMILES string of the molecule is CC/C=C(/CN(C)/C=C(\Nc1c(C)cccc1C)c1ccccc1C)C(C)(C)CC. The van der Waals surface area contributed by atoms with Gasteiger partial charge in [0.2, 0.25) is 0 Å². The van der Waals surface area contributed by atoms with Gasteiger partial charge >= 0.3 is 0 Å². The summed E-state index contributed by atoms with van der Waals surface area (Å²) < 4.78 is 0. The summed E-state index contributed by atoms with van der Waals surface area (Å²) in [6.07, 6.45) is 6.88. The molecule has 0 bridgehead atoms. The summed E-state index contributed by atoms with van der Waals surface area (Å²) in [5.41, 5.74) is 9.07. The standard InChI is InChI=1S/C28H40N2/c1-9-14-24(28(6,7)10-2)19-30(8)20-26(25-18-12-11-15-21(25)3)29-27-22(4)16-13-17-23(27)5/h11-18,20,29H,9-10,19H2,1-8H3/b24-14-,26-20-. The Morgan fingerprint density at radius 1 is 0.933 bits per heavy atom. The second-order valence-electron chi connectivity index (χ2n) is 9.04. The van der Waals surface area contributed by atoms with Gasteiger partial charge in [-0.05, 0) is 61.3 Å². The van der Waals surface area contributed by atoms with Crippen LogP contribution in [0.3, 0.4) is 0 Å². The molecule has 2 heteroatoms. The van der Waals surface area contributed by atoms with Crippen LogP contribution in [0.5, 0.6) is 0 Å². The van der Waals surface area contributed by atoms with Crippen molar-refractivity contribution in [2.24, 2.45) is 5.41 Å². The Balaban J connectivity index is 2.45. The molecule has 0 fully saturated rings. The number of nitrogens with zero attached hydrogens (tertiary/aromatic N) is 1. The van der Waals surface area contributed by atoms with Gasteiger partial charge in [0, 0.05) is 31.0 Å². The van der Waals surface area contributed by atoms with E-state index in [1.165, 1.54) is 33.5 Å². The molecule has 0 saturated heterocycles. The lowest BCUT2D eigenvalue weighted by Gasteiger charge is -2.30. The van der Waals surface area contributed by atoms with E-state index in [9.17, 15) is 0 Å². The molecule has 0 amide bonds. The van der Waals surface area contributed by atoms with Crippen molar-refractivity contribution in [2.45, 2.75) is 61.3 Å². The van der Waals surface area contributed by atoms with E-state index in [1.54, 1.807) is 0 Å². The number of aryl methyl sites for hydroxylation is 3. The highest BCUT2D eigenvalue weighted by atomic mass is 15.1. The Morgan fingerprint density at radius 3 is 2.10 bits per heavy atom. The number of hydrogen-bond acceptors (Lipinski definition) is 2. The molecule has 0 aliphatic carbocycles. The van der Waals surface area contributed by atoms with Crippen LogP contribution in [0.1, 0.15) is 62.8 Å². The number of hydrogen-bond donors (Lipinski definition) is 1. The highest BCUT2D eigenvalue weighted by Crippen LogP contribution is 2.32. The molecular weight excluding hydrogens is 364 g/mol. The van der Waals surface area contributed by atoms with E-state index in [0.717, 1.165) is 25.1 Å². The third-order valence-corrected chi connectivity index (χ3v) is 6.15. The van der Waals surface area contributed by atoms with Crippen molar-refractivity contribution in [2.75, 3.05) is 18.9 Å². The summed E-state index contributed by atoms with van der Waals surface area (Å²) in [6.45, 7) is 16.6. The molecule has 162 valence electrons. The molecule has 0 aliphatic rings. The Bertz CT molecular complexity index is 882. The third-order valence-electron chi connectivity index (χ3n) is 6.15. The third kappa shape index (κ3) is 6.01. The van der Waals surface area contributed by atoms with Crippen LogP contribution in [0.25, 0.3) is 5.70 Å². The van der Waals surface area contributed by atoms with E-state index in [-0.39, 0.29) is 5.41 Å². The molecule has 0 aromatic heterocycles. The fourth-order valence-electron chi connectivity index (χ4n) is 3.75. The molecule has 0 aliphatic heterocycles. The first kappa shape index (κ1) is 23.8. The molecular formula is C28H40N2. The van der Waals surface area contributed by atoms with E-state index in [4.69, 9.17) is 0 Å². The van der Waals surface area contributed by atoms with Gasteiger partial charge in [0.05, 0.1) is 5.70 Å². The number of allylic oxidation sites excluding steroid dienone is 1. The Kier molecular flexibility index (Phi) is 8.34. The number of likely N-dealkylation sites (N-methyl/N-ethyl adjacent to an activating group) is 1. The number of benzene rings is 2. The molecule has 0 saturated carbocycles. The van der Waals surface area contributed by atoms with Crippen molar-refractivity contribution in [1.82, 2.24) is 4.90 Å². The van der Waals surface area contributed by atoms with Crippen molar-refractivity contribution in [3.05, 3.63) is 82.6 Å². The van der Waals surface area contributed by atoms with Gasteiger partial charge in [0.1, 0.15) is 0 Å². The van der Waals surface area contributed by atoms with E-state index in [0.29, 0.717) is 0 Å². The normalized spacial score (nSPS) is 12.8. The Morgan fingerprint density at radius 2 is 1.53 bits per heavy atom. The molecule has 0 atom stereocenters. The molecule has 1 N–H and O–H groups in total. The van der Waals surface area contributed by atoms with Crippen LogP contribution < -0.4 is 5.32 Å². The van der Waals surface area contributed by atoms with Crippen LogP contribution in [0.2, 0.25) is 0 Å². The zero-order chi connectivity index (χ0) is 22.3. The molecule has 2 aromatic carbocycles. The van der Waals surface area contributed by atoms with Crippen molar-refractivity contribution >= 4 is 11.4 Å². The lowest BCUT2D eigenvalue weighted by Crippen LogP contribution is -2.25. The smallest absolute Gasteiger partial charge is 0.0622 e. The number of nitrogens with one attached hydrogen (secondary N) is 1. The summed E-state index contributed by atoms with van der Waals surface area (Å²) in [5, 5.41) is 3.76. The van der Waals surface area contributed by atoms with Crippen LogP contribution in [0.15, 0.2) is 60.3 Å². The number of anilines is 1. The maximum atomic E-state index is 3.76. The zero-order valence-corrected chi connectivity index (χ0v) is 20.3. The van der Waals surface area contributed by atoms with Crippen molar-refractivity contribution in [3.63, 3.8) is 0 Å². The largest absolute Gasteiger partial charge is 0.375 e. The van der Waals surface area contributed by atoms with Crippen LogP contribution in [-0.4, -0.2) is 18.5 Å². The van der Waals surface area contributed by atoms with E-state index in [2.05, 4.69) is 120 Å². The minimum Gasteiger partial charge on any atom is -0.375 e. The first-order valence-corrected chi connectivity index (χ1v) is 11.2. The van der Waals surface area contributed by atoms with E-state index in [1.807, 2.05) is 0 Å². The predicted octanol–water partition coefficient (Wildman–Crippen LogP) is 7.73. The minimum atomic E-state index is 0.209. The summed E-state index contributed by atoms with van der Waals surface area (Å²) in [6, 6.07) is 15.1. The van der Waals surface area contributed by atoms with Crippen molar-refractivity contribution in [3.8, 4) is 0 Å². The van der Waals surface area contributed by atoms with Gasteiger partial charge in [-0.2, -0.15) is 0 Å². The van der Waals surface area contributed by atoms with Gasteiger partial charge in [0.25, 0.3) is 0 Å². The molecule has 0 spiro atoms. The highest BCUT2D eigenvalue weighted by molar-refractivity contribution is 5.80. The quantitative estimate of drug-likeness (QED) is 0.430. The second kappa shape index (κ2) is 10.5. The lowest BCUT2D eigenvalue weighted by atomic mass is 9.81. The van der Waals surface area contributed by atoms with Gasteiger partial charge in [0.15, 0.2) is 0 Å². The maximum absolute atomic E-state index is 3.76. The molecule has 30 heavy (non-hydrogen) atoms. The van der Waals surface area contributed by atoms with Crippen LogP contribution in [-0.2, 0) is 0 Å². The van der Waals surface area contributed by atoms with Gasteiger partial charge in [-0.25, -0.2) is 0 Å². The van der Waals surface area contributed by atoms with Crippen molar-refractivity contribution < 1.29 is 0 Å². The van der Waals surface area contributed by atoms with Crippen molar-refractivity contribution in [1.29, 1.82) is 0 Å². The van der Waals surface area contributed by atoms with E-state index >= 15 is 0 Å². The molecule has 2 aromatic rings. The summed E-state index contributed by atoms with van der Waals surface area (Å²) in [7, 11) is 2.18. The van der Waals surface area contributed by atoms with Gasteiger partial charge in [-0.3, -0.25) is 0 Å². The summed E-state index contributed by atoms with van der Waals surface area (Å²) in [5.74, 6) is 0. The van der Waals surface area contributed by atoms with Crippen LogP contribution in [0, 0.1) is 26.2 Å². The van der Waals surface area contributed by atoms with Gasteiger partial charge in [-0.1, -0.05) is 76.2 Å². The minimum absolute atomic E-state index is 0.209. The predicted molar refractivity (Wildman–Crippen MR) is 134 cm³/mol. The highest BCUT2D eigenvalue weighted by Gasteiger charge is 2.21. The summed E-state index contributed by atoms with van der Waals surface area (Å²) >= 11 is 0. The second-order valence-corrected chi connectivity index (χ2v) is 9.04. The average molecular weight is 405 g/mol. The molecule has 0 radical (unpaired) electrons. The lowest BCUT2D eigenvalue weighted by molar-refractivity contribution is 0.373. The number of rotatable bonds is 9. The monoisotopic (exact) mass is 404 g/mol. The molecule has 0 unspecified atom stereocenters. The van der Waals surface area contributed by atoms with Gasteiger partial charge < -0.3 is 10.2 Å². The fourth-order valence-corrected chi connectivity index (χ4v) is 3.75.